The topological polar surface area (TPSA) is 54.0 Å². The second kappa shape index (κ2) is 5.71. The fourth-order valence-corrected chi connectivity index (χ4v) is 2.01. The van der Waals surface area contributed by atoms with Crippen molar-refractivity contribution >= 4 is 28.9 Å². The lowest BCUT2D eigenvalue weighted by atomic mass is 10.1. The predicted molar refractivity (Wildman–Crippen MR) is 77.9 cm³/mol. The number of hydrogen-bond acceptors (Lipinski definition) is 3. The Bertz CT molecular complexity index is 593. The number of carbonyl (C=O) groups is 1. The van der Waals surface area contributed by atoms with Crippen molar-refractivity contribution in [2.45, 2.75) is 6.92 Å². The molecule has 0 radical (unpaired) electrons. The number of nitrogens with zero attached hydrogens (tertiary/aromatic N) is 1. The maximum Gasteiger partial charge on any atom is 0.257 e. The number of aromatic nitrogens is 1. The second-order valence-electron chi connectivity index (χ2n) is 4.04. The van der Waals surface area contributed by atoms with Crippen LogP contribution in [0.15, 0.2) is 36.5 Å². The summed E-state index contributed by atoms with van der Waals surface area (Å²) in [6.07, 6.45) is 1.61. The van der Waals surface area contributed by atoms with E-state index in [4.69, 9.17) is 11.6 Å². The number of pyridine rings is 1. The number of nitrogens with one attached hydrogen (secondary N) is 2. The summed E-state index contributed by atoms with van der Waals surface area (Å²) in [5.41, 5.74) is 2.73. The molecule has 2 N–H and O–H groups in total. The number of carbonyl (C=O) groups excluding carboxylic acids is 1. The summed E-state index contributed by atoms with van der Waals surface area (Å²) in [6.45, 7) is 1.87. The zero-order chi connectivity index (χ0) is 13.8. The lowest BCUT2D eigenvalue weighted by molar-refractivity contribution is 0.102. The summed E-state index contributed by atoms with van der Waals surface area (Å²) >= 11 is 5.99. The number of para-hydroxylation sites is 1. The van der Waals surface area contributed by atoms with Crippen molar-refractivity contribution in [3.8, 4) is 0 Å². The van der Waals surface area contributed by atoms with Gasteiger partial charge in [0.1, 0.15) is 0 Å². The first-order valence-electron chi connectivity index (χ1n) is 5.82. The van der Waals surface area contributed by atoms with Gasteiger partial charge in [-0.3, -0.25) is 4.79 Å². The minimum Gasteiger partial charge on any atom is -0.387 e. The molecule has 0 saturated heterocycles. The minimum atomic E-state index is -0.219. The summed E-state index contributed by atoms with van der Waals surface area (Å²) in [4.78, 5) is 16.2. The molecule has 2 rings (SSSR count). The van der Waals surface area contributed by atoms with Crippen molar-refractivity contribution in [3.05, 3.63) is 52.8 Å². The van der Waals surface area contributed by atoms with E-state index in [0.717, 1.165) is 11.3 Å². The molecule has 2 aromatic rings. The normalized spacial score (nSPS) is 10.1. The Morgan fingerprint density at radius 2 is 2.00 bits per heavy atom. The summed E-state index contributed by atoms with van der Waals surface area (Å²) in [5.74, 6) is -0.219. The van der Waals surface area contributed by atoms with Crippen LogP contribution >= 0.6 is 11.6 Å². The Morgan fingerprint density at radius 1 is 1.26 bits per heavy atom. The molecule has 98 valence electrons. The monoisotopic (exact) mass is 275 g/mol. The molecular weight excluding hydrogens is 262 g/mol. The number of amides is 1. The van der Waals surface area contributed by atoms with Crippen molar-refractivity contribution in [1.82, 2.24) is 4.98 Å². The van der Waals surface area contributed by atoms with Crippen LogP contribution in [0.2, 0.25) is 5.15 Å². The quantitative estimate of drug-likeness (QED) is 0.845. The molecule has 0 fully saturated rings. The van der Waals surface area contributed by atoms with Crippen LogP contribution in [-0.2, 0) is 0 Å². The van der Waals surface area contributed by atoms with Crippen LogP contribution in [-0.4, -0.2) is 17.9 Å². The van der Waals surface area contributed by atoms with Gasteiger partial charge in [-0.15, -0.1) is 0 Å². The average molecular weight is 276 g/mol. The van der Waals surface area contributed by atoms with Gasteiger partial charge in [0.15, 0.2) is 5.15 Å². The summed E-state index contributed by atoms with van der Waals surface area (Å²) in [6, 6.07) is 9.07. The molecule has 4 nitrogen and oxygen atoms in total. The minimum absolute atomic E-state index is 0.219. The van der Waals surface area contributed by atoms with Gasteiger partial charge in [0, 0.05) is 18.9 Å². The molecule has 0 atom stereocenters. The predicted octanol–water partition coefficient (Wildman–Crippen LogP) is 3.34. The van der Waals surface area contributed by atoms with E-state index in [-0.39, 0.29) is 11.1 Å². The number of aryl methyl sites for hydroxylation is 1. The van der Waals surface area contributed by atoms with Gasteiger partial charge in [0.2, 0.25) is 0 Å². The summed E-state index contributed by atoms with van der Waals surface area (Å²) in [7, 11) is 1.77. The fraction of sp³-hybridized carbons (Fsp3) is 0.143. The highest BCUT2D eigenvalue weighted by molar-refractivity contribution is 6.33. The summed E-state index contributed by atoms with van der Waals surface area (Å²) in [5, 5.41) is 6.07. The molecule has 0 bridgehead atoms. The molecule has 5 heteroatoms. The SMILES string of the molecule is CNc1ccccc1C(=O)Nc1c(C)ccnc1Cl. The van der Waals surface area contributed by atoms with Crippen molar-refractivity contribution in [2.24, 2.45) is 0 Å². The first kappa shape index (κ1) is 13.4. The van der Waals surface area contributed by atoms with Crippen LogP contribution in [0.3, 0.4) is 0 Å². The number of rotatable bonds is 3. The van der Waals surface area contributed by atoms with E-state index in [9.17, 15) is 4.79 Å². The number of halogens is 1. The Hall–Kier alpha value is -2.07. The largest absolute Gasteiger partial charge is 0.387 e. The number of benzene rings is 1. The van der Waals surface area contributed by atoms with Crippen LogP contribution < -0.4 is 10.6 Å². The zero-order valence-corrected chi connectivity index (χ0v) is 11.5. The Morgan fingerprint density at radius 3 is 2.68 bits per heavy atom. The van der Waals surface area contributed by atoms with E-state index in [0.29, 0.717) is 11.3 Å². The van der Waals surface area contributed by atoms with Crippen molar-refractivity contribution in [3.63, 3.8) is 0 Å². The summed E-state index contributed by atoms with van der Waals surface area (Å²) < 4.78 is 0. The Labute approximate surface area is 116 Å². The molecule has 1 aromatic heterocycles. The maximum atomic E-state index is 12.3. The fourth-order valence-electron chi connectivity index (χ4n) is 1.76. The molecule has 1 aromatic carbocycles. The van der Waals surface area contributed by atoms with Crippen LogP contribution in [0.1, 0.15) is 15.9 Å². The van der Waals surface area contributed by atoms with Crippen molar-refractivity contribution in [1.29, 1.82) is 0 Å². The van der Waals surface area contributed by atoms with Gasteiger partial charge in [-0.1, -0.05) is 23.7 Å². The van der Waals surface area contributed by atoms with Crippen LogP contribution in [0, 0.1) is 6.92 Å². The van der Waals surface area contributed by atoms with Gasteiger partial charge in [-0.2, -0.15) is 0 Å². The third-order valence-corrected chi connectivity index (χ3v) is 3.08. The van der Waals surface area contributed by atoms with Gasteiger partial charge >= 0.3 is 0 Å². The highest BCUT2D eigenvalue weighted by Gasteiger charge is 2.13. The van der Waals surface area contributed by atoms with Gasteiger partial charge in [0.25, 0.3) is 5.91 Å². The van der Waals surface area contributed by atoms with Crippen molar-refractivity contribution in [2.75, 3.05) is 17.7 Å². The van der Waals surface area contributed by atoms with Crippen LogP contribution in [0.5, 0.6) is 0 Å². The second-order valence-corrected chi connectivity index (χ2v) is 4.40. The third kappa shape index (κ3) is 2.85. The standard InChI is InChI=1S/C14H14ClN3O/c1-9-7-8-17-13(15)12(9)18-14(19)10-5-3-4-6-11(10)16-2/h3-8,16H,1-2H3,(H,18,19). The van der Waals surface area contributed by atoms with E-state index in [2.05, 4.69) is 15.6 Å². The molecule has 0 spiro atoms. The molecular formula is C14H14ClN3O. The van der Waals surface area contributed by atoms with Gasteiger partial charge < -0.3 is 10.6 Å². The first-order valence-corrected chi connectivity index (χ1v) is 6.20. The lowest BCUT2D eigenvalue weighted by Gasteiger charge is -2.12. The molecule has 0 aliphatic carbocycles. The van der Waals surface area contributed by atoms with Crippen LogP contribution in [0.25, 0.3) is 0 Å². The van der Waals surface area contributed by atoms with E-state index in [1.165, 1.54) is 0 Å². The number of anilines is 2. The zero-order valence-electron chi connectivity index (χ0n) is 10.7. The van der Waals surface area contributed by atoms with E-state index in [1.807, 2.05) is 25.1 Å². The van der Waals surface area contributed by atoms with Crippen LogP contribution in [0.4, 0.5) is 11.4 Å². The molecule has 1 amide bonds. The molecule has 0 aliphatic heterocycles. The van der Waals surface area contributed by atoms with Gasteiger partial charge in [-0.05, 0) is 30.7 Å². The first-order chi connectivity index (χ1) is 9.13. The van der Waals surface area contributed by atoms with E-state index in [1.54, 1.807) is 25.4 Å². The maximum absolute atomic E-state index is 12.3. The Kier molecular flexibility index (Phi) is 4.02. The molecule has 19 heavy (non-hydrogen) atoms. The molecule has 0 unspecified atom stereocenters. The lowest BCUT2D eigenvalue weighted by Crippen LogP contribution is -2.15. The third-order valence-electron chi connectivity index (χ3n) is 2.79. The molecule has 0 saturated carbocycles. The van der Waals surface area contributed by atoms with Gasteiger partial charge in [0.05, 0.1) is 11.3 Å². The highest BCUT2D eigenvalue weighted by atomic mass is 35.5. The molecule has 1 heterocycles. The van der Waals surface area contributed by atoms with Gasteiger partial charge in [-0.25, -0.2) is 4.98 Å². The van der Waals surface area contributed by atoms with Crippen molar-refractivity contribution < 1.29 is 4.79 Å². The van der Waals surface area contributed by atoms with E-state index < -0.39 is 0 Å². The average Bonchev–Trinajstić information content (AvgIpc) is 2.42. The Balaban J connectivity index is 2.31. The van der Waals surface area contributed by atoms with E-state index >= 15 is 0 Å². The number of hydrogen-bond donors (Lipinski definition) is 2. The highest BCUT2D eigenvalue weighted by Crippen LogP contribution is 2.24. The smallest absolute Gasteiger partial charge is 0.257 e. The molecule has 0 aliphatic rings.